The third-order valence-corrected chi connectivity index (χ3v) is 6.45. The SMILES string of the molecule is CCc1cc2c(=O)c(-c3nc4ccccc4[nH]3)coc2c(C[NH+]2CCCCCC2)c1[O-]. The van der Waals surface area contributed by atoms with Crippen LogP contribution in [0.15, 0.2) is 45.8 Å². The summed E-state index contributed by atoms with van der Waals surface area (Å²) >= 11 is 0. The number of aromatic nitrogens is 2. The Kier molecular flexibility index (Phi) is 5.24. The number of hydrogen-bond donors (Lipinski definition) is 2. The van der Waals surface area contributed by atoms with Crippen molar-refractivity contribution < 1.29 is 14.4 Å². The molecule has 1 saturated heterocycles. The smallest absolute Gasteiger partial charge is 0.203 e. The van der Waals surface area contributed by atoms with Gasteiger partial charge < -0.3 is 19.4 Å². The van der Waals surface area contributed by atoms with E-state index in [9.17, 15) is 9.90 Å². The Hall–Kier alpha value is -3.12. The first-order chi connectivity index (χ1) is 15.2. The second kappa shape index (κ2) is 8.19. The van der Waals surface area contributed by atoms with E-state index in [1.54, 1.807) is 6.07 Å². The fraction of sp³-hybridized carbons (Fsp3) is 0.360. The number of benzene rings is 2. The van der Waals surface area contributed by atoms with Crippen LogP contribution in [0.25, 0.3) is 33.4 Å². The lowest BCUT2D eigenvalue weighted by atomic mass is 10.0. The Labute approximate surface area is 180 Å². The highest BCUT2D eigenvalue weighted by atomic mass is 16.3. The quantitative estimate of drug-likeness (QED) is 0.535. The van der Waals surface area contributed by atoms with E-state index in [1.165, 1.54) is 36.8 Å². The molecule has 0 unspecified atom stereocenters. The fourth-order valence-electron chi connectivity index (χ4n) is 4.71. The number of fused-ring (bicyclic) bond motifs is 2. The first kappa shape index (κ1) is 19.8. The molecule has 0 atom stereocenters. The van der Waals surface area contributed by atoms with Gasteiger partial charge in [-0.3, -0.25) is 4.79 Å². The first-order valence-electron chi connectivity index (χ1n) is 11.2. The summed E-state index contributed by atoms with van der Waals surface area (Å²) in [5.74, 6) is 0.507. The maximum absolute atomic E-state index is 13.5. The third kappa shape index (κ3) is 3.61. The van der Waals surface area contributed by atoms with Gasteiger partial charge >= 0.3 is 0 Å². The molecule has 5 rings (SSSR count). The molecular formula is C25H27N3O3. The lowest BCUT2D eigenvalue weighted by Gasteiger charge is -2.24. The molecule has 0 bridgehead atoms. The van der Waals surface area contributed by atoms with E-state index in [4.69, 9.17) is 4.42 Å². The van der Waals surface area contributed by atoms with Gasteiger partial charge in [0, 0.05) is 5.56 Å². The summed E-state index contributed by atoms with van der Waals surface area (Å²) < 4.78 is 5.98. The molecule has 1 fully saturated rings. The van der Waals surface area contributed by atoms with E-state index in [0.717, 1.165) is 24.1 Å². The molecule has 160 valence electrons. The third-order valence-electron chi connectivity index (χ3n) is 6.45. The number of quaternary nitrogens is 1. The van der Waals surface area contributed by atoms with Crippen molar-refractivity contribution in [3.8, 4) is 17.1 Å². The molecule has 1 aliphatic rings. The van der Waals surface area contributed by atoms with Crippen LogP contribution in [0, 0.1) is 0 Å². The molecule has 0 saturated carbocycles. The second-order valence-electron chi connectivity index (χ2n) is 8.50. The molecule has 6 heteroatoms. The van der Waals surface area contributed by atoms with Crippen LogP contribution < -0.4 is 15.4 Å². The van der Waals surface area contributed by atoms with E-state index in [-0.39, 0.29) is 11.2 Å². The summed E-state index contributed by atoms with van der Waals surface area (Å²) in [4.78, 5) is 22.6. The zero-order valence-electron chi connectivity index (χ0n) is 17.8. The normalized spacial score (nSPS) is 15.5. The van der Waals surface area contributed by atoms with Gasteiger partial charge in [-0.05, 0) is 50.3 Å². The van der Waals surface area contributed by atoms with Crippen molar-refractivity contribution in [1.29, 1.82) is 0 Å². The van der Waals surface area contributed by atoms with Crippen molar-refractivity contribution in [2.24, 2.45) is 0 Å². The molecule has 4 aromatic rings. The fourth-order valence-corrected chi connectivity index (χ4v) is 4.71. The average Bonchev–Trinajstić information content (AvgIpc) is 3.04. The summed E-state index contributed by atoms with van der Waals surface area (Å²) in [5, 5.41) is 13.6. The minimum absolute atomic E-state index is 0.0198. The number of likely N-dealkylation sites (tertiary alicyclic amines) is 1. The predicted octanol–water partition coefficient (Wildman–Crippen LogP) is 2.93. The van der Waals surface area contributed by atoms with E-state index in [0.29, 0.717) is 46.4 Å². The molecule has 0 radical (unpaired) electrons. The van der Waals surface area contributed by atoms with Crippen molar-refractivity contribution in [3.63, 3.8) is 0 Å². The molecule has 0 amide bonds. The van der Waals surface area contributed by atoms with Crippen molar-refractivity contribution in [1.82, 2.24) is 9.97 Å². The summed E-state index contributed by atoms with van der Waals surface area (Å²) in [6.07, 6.45) is 6.89. The monoisotopic (exact) mass is 417 g/mol. The van der Waals surface area contributed by atoms with Gasteiger partial charge in [0.1, 0.15) is 29.8 Å². The van der Waals surface area contributed by atoms with Crippen molar-refractivity contribution >= 4 is 22.0 Å². The number of imidazole rings is 1. The molecule has 0 spiro atoms. The van der Waals surface area contributed by atoms with Crippen LogP contribution in [0.3, 0.4) is 0 Å². The Morgan fingerprint density at radius 1 is 1.16 bits per heavy atom. The highest BCUT2D eigenvalue weighted by Crippen LogP contribution is 2.30. The van der Waals surface area contributed by atoms with Crippen molar-refractivity contribution in [2.75, 3.05) is 13.1 Å². The molecule has 2 N–H and O–H groups in total. The second-order valence-corrected chi connectivity index (χ2v) is 8.50. The number of aromatic amines is 1. The molecule has 31 heavy (non-hydrogen) atoms. The molecule has 2 aromatic carbocycles. The molecular weight excluding hydrogens is 390 g/mol. The lowest BCUT2D eigenvalue weighted by Crippen LogP contribution is -3.10. The van der Waals surface area contributed by atoms with Gasteiger partial charge in [-0.25, -0.2) is 4.98 Å². The van der Waals surface area contributed by atoms with Gasteiger partial charge in [0.05, 0.1) is 29.5 Å². The van der Waals surface area contributed by atoms with Crippen LogP contribution in [-0.2, 0) is 13.0 Å². The van der Waals surface area contributed by atoms with E-state index in [2.05, 4.69) is 9.97 Å². The van der Waals surface area contributed by atoms with Crippen LogP contribution in [-0.4, -0.2) is 23.1 Å². The Bertz CT molecular complexity index is 1260. The van der Waals surface area contributed by atoms with Crippen molar-refractivity contribution in [2.45, 2.75) is 45.6 Å². The zero-order valence-corrected chi connectivity index (χ0v) is 17.8. The highest BCUT2D eigenvalue weighted by Gasteiger charge is 2.20. The minimum Gasteiger partial charge on any atom is -0.872 e. The predicted molar refractivity (Wildman–Crippen MR) is 119 cm³/mol. The number of nitrogens with zero attached hydrogens (tertiary/aromatic N) is 1. The first-order valence-corrected chi connectivity index (χ1v) is 11.2. The summed E-state index contributed by atoms with van der Waals surface area (Å²) in [6, 6.07) is 9.38. The largest absolute Gasteiger partial charge is 0.872 e. The average molecular weight is 418 g/mol. The topological polar surface area (TPSA) is 86.4 Å². The molecule has 3 heterocycles. The number of H-pyrrole nitrogens is 1. The van der Waals surface area contributed by atoms with E-state index >= 15 is 0 Å². The van der Waals surface area contributed by atoms with Crippen LogP contribution >= 0.6 is 0 Å². The highest BCUT2D eigenvalue weighted by molar-refractivity contribution is 5.87. The van der Waals surface area contributed by atoms with Crippen LogP contribution in [0.2, 0.25) is 0 Å². The van der Waals surface area contributed by atoms with E-state index < -0.39 is 0 Å². The summed E-state index contributed by atoms with van der Waals surface area (Å²) in [7, 11) is 0. The van der Waals surface area contributed by atoms with Crippen LogP contribution in [0.1, 0.15) is 43.7 Å². The van der Waals surface area contributed by atoms with Gasteiger partial charge in [0.2, 0.25) is 5.43 Å². The molecule has 1 aliphatic heterocycles. The lowest BCUT2D eigenvalue weighted by molar-refractivity contribution is -0.913. The Balaban J connectivity index is 1.65. The minimum atomic E-state index is -0.151. The number of hydrogen-bond acceptors (Lipinski definition) is 4. The Morgan fingerprint density at radius 3 is 2.68 bits per heavy atom. The number of nitrogens with one attached hydrogen (secondary N) is 2. The zero-order chi connectivity index (χ0) is 21.4. The molecule has 2 aromatic heterocycles. The molecule has 6 nitrogen and oxygen atoms in total. The number of para-hydroxylation sites is 2. The molecule has 0 aliphatic carbocycles. The number of rotatable bonds is 4. The Morgan fingerprint density at radius 2 is 1.94 bits per heavy atom. The maximum Gasteiger partial charge on any atom is 0.203 e. The van der Waals surface area contributed by atoms with E-state index in [1.807, 2.05) is 31.2 Å². The van der Waals surface area contributed by atoms with Crippen molar-refractivity contribution in [3.05, 3.63) is 57.9 Å². The van der Waals surface area contributed by atoms with Gasteiger partial charge in [0.15, 0.2) is 0 Å². The van der Waals surface area contributed by atoms with Crippen LogP contribution in [0.5, 0.6) is 5.75 Å². The number of aryl methyl sites for hydroxylation is 1. The summed E-state index contributed by atoms with van der Waals surface area (Å²) in [6.45, 7) is 4.67. The van der Waals surface area contributed by atoms with Gasteiger partial charge in [-0.1, -0.05) is 30.4 Å². The van der Waals surface area contributed by atoms with Gasteiger partial charge in [0.25, 0.3) is 0 Å². The standard InChI is InChI=1S/C25H27N3O3/c1-2-16-13-17-23(30)19(25-26-20-9-5-6-10-21(20)27-25)15-31-24(17)18(22(16)29)14-28-11-7-3-4-8-12-28/h5-6,9-10,13,15,29H,2-4,7-8,11-12,14H2,1H3,(H,26,27). The van der Waals surface area contributed by atoms with Gasteiger partial charge in [-0.2, -0.15) is 0 Å². The van der Waals surface area contributed by atoms with Gasteiger partial charge in [-0.15, -0.1) is 0 Å². The maximum atomic E-state index is 13.5. The summed E-state index contributed by atoms with van der Waals surface area (Å²) in [5.41, 5.74) is 3.65. The van der Waals surface area contributed by atoms with Crippen LogP contribution in [0.4, 0.5) is 0 Å².